The summed E-state index contributed by atoms with van der Waals surface area (Å²) < 4.78 is 25.5. The monoisotopic (exact) mass is 324 g/mol. The Kier molecular flexibility index (Phi) is 5.00. The van der Waals surface area contributed by atoms with E-state index in [1.165, 1.54) is 0 Å². The molecule has 1 aromatic carbocycles. The Bertz CT molecular complexity index is 646. The first-order valence-corrected chi connectivity index (χ1v) is 6.85. The maximum absolute atomic E-state index is 11.9. The van der Waals surface area contributed by atoms with Crippen LogP contribution in [0.15, 0.2) is 23.1 Å². The number of aliphatic hydroxyl groups excluding tert-OH is 1. The topological polar surface area (TPSA) is 147 Å². The molecule has 110 valence electrons. The molecule has 0 bridgehead atoms. The van der Waals surface area contributed by atoms with Gasteiger partial charge in [-0.25, -0.2) is 8.42 Å². The molecule has 0 aliphatic carbocycles. The molecular formula is C9H9ClN2O7S. The van der Waals surface area contributed by atoms with Crippen LogP contribution in [-0.2, 0) is 14.8 Å². The van der Waals surface area contributed by atoms with Crippen molar-refractivity contribution in [3.63, 3.8) is 0 Å². The third-order valence-electron chi connectivity index (χ3n) is 2.19. The lowest BCUT2D eigenvalue weighted by atomic mass is 10.3. The van der Waals surface area contributed by atoms with Crippen LogP contribution in [0.4, 0.5) is 5.69 Å². The lowest BCUT2D eigenvalue weighted by Gasteiger charge is -2.12. The predicted octanol–water partition coefficient (Wildman–Crippen LogP) is -0.0280. The van der Waals surface area contributed by atoms with E-state index in [2.05, 4.69) is 0 Å². The molecule has 0 aliphatic rings. The molecule has 1 atom stereocenters. The van der Waals surface area contributed by atoms with Crippen LogP contribution in [-0.4, -0.2) is 42.2 Å². The second-order valence-corrected chi connectivity index (χ2v) is 5.66. The molecule has 11 heteroatoms. The molecule has 0 aliphatic heterocycles. The fraction of sp³-hybridized carbons (Fsp3) is 0.222. The fourth-order valence-electron chi connectivity index (χ4n) is 1.24. The van der Waals surface area contributed by atoms with Crippen LogP contribution in [0.25, 0.3) is 0 Å². The number of benzene rings is 1. The second kappa shape index (κ2) is 6.13. The quantitative estimate of drug-likeness (QED) is 0.491. The number of halogens is 1. The van der Waals surface area contributed by atoms with Crippen LogP contribution in [0.2, 0.25) is 5.02 Å². The maximum Gasteiger partial charge on any atom is 0.324 e. The van der Waals surface area contributed by atoms with Gasteiger partial charge in [-0.05, 0) is 6.07 Å². The molecule has 0 fully saturated rings. The Labute approximate surface area is 118 Å². The highest BCUT2D eigenvalue weighted by Crippen LogP contribution is 2.26. The summed E-state index contributed by atoms with van der Waals surface area (Å²) in [6.07, 6.45) is 0. The smallest absolute Gasteiger partial charge is 0.324 e. The van der Waals surface area contributed by atoms with Crippen molar-refractivity contribution in [1.82, 2.24) is 4.72 Å². The number of hydrogen-bond acceptors (Lipinski definition) is 6. The molecule has 9 nitrogen and oxygen atoms in total. The van der Waals surface area contributed by atoms with E-state index in [-0.39, 0.29) is 0 Å². The number of carboxylic acid groups (broad SMARTS) is 1. The Morgan fingerprint density at radius 3 is 2.50 bits per heavy atom. The number of aliphatic carboxylic acids is 1. The molecule has 0 aromatic heterocycles. The van der Waals surface area contributed by atoms with E-state index < -0.39 is 49.2 Å². The van der Waals surface area contributed by atoms with Gasteiger partial charge in [0.25, 0.3) is 5.69 Å². The summed E-state index contributed by atoms with van der Waals surface area (Å²) in [4.78, 5) is 19.9. The minimum absolute atomic E-state index is 0.411. The zero-order valence-electron chi connectivity index (χ0n) is 9.69. The number of carbonyl (C=O) groups is 1. The van der Waals surface area contributed by atoms with Crippen molar-refractivity contribution in [3.8, 4) is 0 Å². The average Bonchev–Trinajstić information content (AvgIpc) is 2.35. The summed E-state index contributed by atoms with van der Waals surface area (Å²) in [5.41, 5.74) is -0.411. The van der Waals surface area contributed by atoms with Crippen LogP contribution >= 0.6 is 11.6 Å². The van der Waals surface area contributed by atoms with Crippen molar-refractivity contribution < 1.29 is 28.3 Å². The van der Waals surface area contributed by atoms with Gasteiger partial charge in [0.05, 0.1) is 16.6 Å². The van der Waals surface area contributed by atoms with Crippen molar-refractivity contribution in [1.29, 1.82) is 0 Å². The third kappa shape index (κ3) is 3.63. The number of nitrogens with one attached hydrogen (secondary N) is 1. The minimum atomic E-state index is -4.34. The van der Waals surface area contributed by atoms with Crippen LogP contribution < -0.4 is 4.72 Å². The second-order valence-electron chi connectivity index (χ2n) is 3.57. The predicted molar refractivity (Wildman–Crippen MR) is 66.9 cm³/mol. The summed E-state index contributed by atoms with van der Waals surface area (Å²) in [6, 6.07) is 0.866. The van der Waals surface area contributed by atoms with Gasteiger partial charge in [-0.3, -0.25) is 14.9 Å². The van der Waals surface area contributed by atoms with Crippen molar-refractivity contribution >= 4 is 33.3 Å². The molecule has 0 unspecified atom stereocenters. The minimum Gasteiger partial charge on any atom is -0.480 e. The van der Waals surface area contributed by atoms with Gasteiger partial charge in [0, 0.05) is 12.1 Å². The molecular weight excluding hydrogens is 316 g/mol. The molecule has 3 N–H and O–H groups in total. The number of nitro groups is 1. The standard InChI is InChI=1S/C9H9ClN2O7S/c10-6-3-5(12(16)17)1-2-8(6)20(18,19)11-7(4-13)9(14)15/h1-3,7,11,13H,4H2,(H,14,15)/t7-/m0/s1. The number of non-ortho nitro benzene ring substituents is 1. The highest BCUT2D eigenvalue weighted by molar-refractivity contribution is 7.89. The Hall–Kier alpha value is -1.75. The summed E-state index contributed by atoms with van der Waals surface area (Å²) in [5, 5.41) is 27.5. The zero-order chi connectivity index (χ0) is 15.5. The molecule has 0 heterocycles. The summed E-state index contributed by atoms with van der Waals surface area (Å²) in [7, 11) is -4.34. The van der Waals surface area contributed by atoms with E-state index >= 15 is 0 Å². The normalized spacial score (nSPS) is 12.9. The number of sulfonamides is 1. The van der Waals surface area contributed by atoms with E-state index in [9.17, 15) is 23.3 Å². The number of rotatable bonds is 6. The van der Waals surface area contributed by atoms with Gasteiger partial charge in [0.1, 0.15) is 10.9 Å². The van der Waals surface area contributed by atoms with Gasteiger partial charge in [-0.2, -0.15) is 4.72 Å². The first-order valence-electron chi connectivity index (χ1n) is 4.99. The van der Waals surface area contributed by atoms with Crippen LogP contribution in [0.5, 0.6) is 0 Å². The van der Waals surface area contributed by atoms with E-state index in [1.54, 1.807) is 4.72 Å². The Morgan fingerprint density at radius 1 is 1.50 bits per heavy atom. The lowest BCUT2D eigenvalue weighted by molar-refractivity contribution is -0.384. The Balaban J connectivity index is 3.16. The van der Waals surface area contributed by atoms with Crippen molar-refractivity contribution in [3.05, 3.63) is 33.3 Å². The molecule has 0 saturated carbocycles. The molecule has 0 amide bonds. The van der Waals surface area contributed by atoms with Gasteiger partial charge in [0.15, 0.2) is 0 Å². The van der Waals surface area contributed by atoms with Gasteiger partial charge in [0.2, 0.25) is 10.0 Å². The van der Waals surface area contributed by atoms with Crippen LogP contribution in [0.1, 0.15) is 0 Å². The van der Waals surface area contributed by atoms with Gasteiger partial charge in [-0.15, -0.1) is 0 Å². The first-order chi connectivity index (χ1) is 9.19. The van der Waals surface area contributed by atoms with Crippen LogP contribution in [0.3, 0.4) is 0 Å². The van der Waals surface area contributed by atoms with Gasteiger partial charge >= 0.3 is 5.97 Å². The van der Waals surface area contributed by atoms with Gasteiger partial charge < -0.3 is 10.2 Å². The molecule has 1 rings (SSSR count). The van der Waals surface area contributed by atoms with Crippen molar-refractivity contribution in [2.45, 2.75) is 10.9 Å². The number of aliphatic hydroxyl groups is 1. The van der Waals surface area contributed by atoms with Crippen molar-refractivity contribution in [2.75, 3.05) is 6.61 Å². The molecule has 1 aromatic rings. The number of carboxylic acids is 1. The molecule has 0 radical (unpaired) electrons. The largest absolute Gasteiger partial charge is 0.480 e. The molecule has 0 spiro atoms. The Morgan fingerprint density at radius 2 is 2.10 bits per heavy atom. The molecule has 0 saturated heterocycles. The number of nitrogens with zero attached hydrogens (tertiary/aromatic N) is 1. The highest BCUT2D eigenvalue weighted by Gasteiger charge is 2.27. The van der Waals surface area contributed by atoms with E-state index in [1.807, 2.05) is 0 Å². The highest BCUT2D eigenvalue weighted by atomic mass is 35.5. The SMILES string of the molecule is O=C(O)[C@H](CO)NS(=O)(=O)c1ccc([N+](=O)[O-])cc1Cl. The summed E-state index contributed by atoms with van der Waals surface area (Å²) in [5.74, 6) is -1.57. The van der Waals surface area contributed by atoms with Crippen molar-refractivity contribution in [2.24, 2.45) is 0 Å². The zero-order valence-corrected chi connectivity index (χ0v) is 11.3. The summed E-state index contributed by atoms with van der Waals surface area (Å²) >= 11 is 5.63. The maximum atomic E-state index is 11.9. The fourth-order valence-corrected chi connectivity index (χ4v) is 2.96. The van der Waals surface area contributed by atoms with E-state index in [0.29, 0.717) is 0 Å². The van der Waals surface area contributed by atoms with E-state index in [0.717, 1.165) is 18.2 Å². The van der Waals surface area contributed by atoms with Gasteiger partial charge in [-0.1, -0.05) is 11.6 Å². The summed E-state index contributed by atoms with van der Waals surface area (Å²) in [6.45, 7) is -0.959. The first kappa shape index (κ1) is 16.3. The van der Waals surface area contributed by atoms with Crippen LogP contribution in [0, 0.1) is 10.1 Å². The number of hydrogen-bond donors (Lipinski definition) is 3. The van der Waals surface area contributed by atoms with E-state index in [4.69, 9.17) is 21.8 Å². The molecule has 20 heavy (non-hydrogen) atoms. The lowest BCUT2D eigenvalue weighted by Crippen LogP contribution is -2.43. The number of nitro benzene ring substituents is 1. The average molecular weight is 325 g/mol. The third-order valence-corrected chi connectivity index (χ3v) is 4.15.